The number of rotatable bonds is 3. The lowest BCUT2D eigenvalue weighted by Gasteiger charge is -2.04. The summed E-state index contributed by atoms with van der Waals surface area (Å²) in [4.78, 5) is 10.8. The van der Waals surface area contributed by atoms with Gasteiger partial charge in [-0.25, -0.2) is 0 Å². The number of nitrogens with one attached hydrogen (secondary N) is 1. The van der Waals surface area contributed by atoms with E-state index in [9.17, 15) is 4.79 Å². The molecule has 0 bridgehead atoms. The van der Waals surface area contributed by atoms with Crippen molar-refractivity contribution in [3.05, 3.63) is 23.9 Å². The molecule has 0 radical (unpaired) electrons. The van der Waals surface area contributed by atoms with Crippen molar-refractivity contribution in [3.8, 4) is 0 Å². The molecule has 1 aliphatic rings. The van der Waals surface area contributed by atoms with Gasteiger partial charge in [0.15, 0.2) is 5.78 Å². The molecule has 0 fully saturated rings. The average Bonchev–Trinajstić information content (AvgIpc) is 2.31. The number of hydrogen-bond acceptors (Lipinski definition) is 2. The van der Waals surface area contributed by atoms with Crippen molar-refractivity contribution in [2.75, 3.05) is 6.54 Å². The van der Waals surface area contributed by atoms with Crippen molar-refractivity contribution in [2.45, 2.75) is 19.8 Å². The topological polar surface area (TPSA) is 29.1 Å². The SMILES string of the molecule is C=C(C)CNC1=CC(=O)CC1. The van der Waals surface area contributed by atoms with E-state index < -0.39 is 0 Å². The van der Waals surface area contributed by atoms with Gasteiger partial charge in [-0.05, 0) is 13.3 Å². The van der Waals surface area contributed by atoms with Crippen LogP contribution in [0.4, 0.5) is 0 Å². The number of carbonyl (C=O) groups is 1. The van der Waals surface area contributed by atoms with Crippen LogP contribution in [-0.4, -0.2) is 12.3 Å². The molecule has 0 aromatic carbocycles. The summed E-state index contributed by atoms with van der Waals surface area (Å²) in [6, 6.07) is 0. The van der Waals surface area contributed by atoms with E-state index in [1.807, 2.05) is 6.92 Å². The van der Waals surface area contributed by atoms with Gasteiger partial charge in [0.05, 0.1) is 0 Å². The zero-order valence-electron chi connectivity index (χ0n) is 6.81. The van der Waals surface area contributed by atoms with Gasteiger partial charge < -0.3 is 5.32 Å². The fourth-order valence-electron chi connectivity index (χ4n) is 1.00. The van der Waals surface area contributed by atoms with E-state index in [1.165, 1.54) is 0 Å². The molecule has 1 N–H and O–H groups in total. The van der Waals surface area contributed by atoms with Gasteiger partial charge in [-0.2, -0.15) is 0 Å². The summed E-state index contributed by atoms with van der Waals surface area (Å²) >= 11 is 0. The van der Waals surface area contributed by atoms with E-state index in [2.05, 4.69) is 11.9 Å². The Morgan fingerprint density at radius 3 is 2.91 bits per heavy atom. The van der Waals surface area contributed by atoms with Gasteiger partial charge in [-0.1, -0.05) is 12.2 Å². The minimum absolute atomic E-state index is 0.231. The van der Waals surface area contributed by atoms with E-state index >= 15 is 0 Å². The summed E-state index contributed by atoms with van der Waals surface area (Å²) in [5.41, 5.74) is 2.14. The molecule has 1 aliphatic carbocycles. The highest BCUT2D eigenvalue weighted by molar-refractivity contribution is 5.92. The molecule has 0 heterocycles. The van der Waals surface area contributed by atoms with Crippen LogP contribution in [0, 0.1) is 0 Å². The van der Waals surface area contributed by atoms with E-state index in [0.29, 0.717) is 6.42 Å². The summed E-state index contributed by atoms with van der Waals surface area (Å²) in [6.45, 7) is 6.50. The van der Waals surface area contributed by atoms with E-state index in [1.54, 1.807) is 6.08 Å². The zero-order chi connectivity index (χ0) is 8.27. The van der Waals surface area contributed by atoms with Gasteiger partial charge in [0.25, 0.3) is 0 Å². The zero-order valence-corrected chi connectivity index (χ0v) is 6.81. The minimum Gasteiger partial charge on any atom is -0.385 e. The van der Waals surface area contributed by atoms with E-state index in [-0.39, 0.29) is 5.78 Å². The normalized spacial score (nSPS) is 16.5. The molecule has 60 valence electrons. The summed E-state index contributed by atoms with van der Waals surface area (Å²) in [6.07, 6.45) is 3.22. The Labute approximate surface area is 67.0 Å². The molecule has 0 aliphatic heterocycles. The first-order valence-electron chi connectivity index (χ1n) is 3.80. The molecule has 0 atom stereocenters. The smallest absolute Gasteiger partial charge is 0.157 e. The first-order valence-corrected chi connectivity index (χ1v) is 3.80. The van der Waals surface area contributed by atoms with Crippen LogP contribution in [0.2, 0.25) is 0 Å². The number of allylic oxidation sites excluding steroid dienone is 2. The molecule has 2 nitrogen and oxygen atoms in total. The highest BCUT2D eigenvalue weighted by atomic mass is 16.1. The second kappa shape index (κ2) is 3.37. The van der Waals surface area contributed by atoms with Crippen LogP contribution in [-0.2, 0) is 4.79 Å². The van der Waals surface area contributed by atoms with Gasteiger partial charge >= 0.3 is 0 Å². The molecule has 0 aromatic heterocycles. The van der Waals surface area contributed by atoms with Crippen molar-refractivity contribution in [1.29, 1.82) is 0 Å². The van der Waals surface area contributed by atoms with E-state index in [0.717, 1.165) is 24.2 Å². The molecule has 2 heteroatoms. The van der Waals surface area contributed by atoms with Gasteiger partial charge in [-0.3, -0.25) is 4.79 Å². The average molecular weight is 151 g/mol. The largest absolute Gasteiger partial charge is 0.385 e. The number of carbonyl (C=O) groups excluding carboxylic acids is 1. The van der Waals surface area contributed by atoms with Crippen LogP contribution in [0.1, 0.15) is 19.8 Å². The highest BCUT2D eigenvalue weighted by Crippen LogP contribution is 2.11. The second-order valence-electron chi connectivity index (χ2n) is 2.95. The fourth-order valence-corrected chi connectivity index (χ4v) is 1.00. The Morgan fingerprint density at radius 2 is 2.45 bits per heavy atom. The third-order valence-corrected chi connectivity index (χ3v) is 1.59. The molecule has 0 saturated carbocycles. The van der Waals surface area contributed by atoms with Gasteiger partial charge in [0, 0.05) is 24.7 Å². The lowest BCUT2D eigenvalue weighted by molar-refractivity contribution is -0.114. The standard InChI is InChI=1S/C9H13NO/c1-7(2)6-10-8-3-4-9(11)5-8/h5,10H,1,3-4,6H2,2H3. The Morgan fingerprint density at radius 1 is 1.73 bits per heavy atom. The Hall–Kier alpha value is -1.05. The Kier molecular flexibility index (Phi) is 2.47. The first-order chi connectivity index (χ1) is 5.18. The van der Waals surface area contributed by atoms with Crippen LogP contribution in [0.5, 0.6) is 0 Å². The summed E-state index contributed by atoms with van der Waals surface area (Å²) in [7, 11) is 0. The second-order valence-corrected chi connectivity index (χ2v) is 2.95. The summed E-state index contributed by atoms with van der Waals surface area (Å²) < 4.78 is 0. The molecule has 0 aromatic rings. The van der Waals surface area contributed by atoms with Gasteiger partial charge in [-0.15, -0.1) is 0 Å². The molecule has 1 rings (SSSR count). The van der Waals surface area contributed by atoms with Crippen molar-refractivity contribution < 1.29 is 4.79 Å². The lowest BCUT2D eigenvalue weighted by atomic mass is 10.3. The maximum Gasteiger partial charge on any atom is 0.157 e. The summed E-state index contributed by atoms with van der Waals surface area (Å²) in [5, 5.41) is 3.15. The molecule has 0 unspecified atom stereocenters. The van der Waals surface area contributed by atoms with Crippen molar-refractivity contribution >= 4 is 5.78 Å². The molecule has 0 amide bonds. The van der Waals surface area contributed by atoms with Crippen molar-refractivity contribution in [3.63, 3.8) is 0 Å². The first kappa shape index (κ1) is 8.05. The molecule has 11 heavy (non-hydrogen) atoms. The third kappa shape index (κ3) is 2.58. The summed E-state index contributed by atoms with van der Waals surface area (Å²) in [5.74, 6) is 0.231. The highest BCUT2D eigenvalue weighted by Gasteiger charge is 2.10. The maximum atomic E-state index is 10.8. The van der Waals surface area contributed by atoms with Gasteiger partial charge in [0.2, 0.25) is 0 Å². The van der Waals surface area contributed by atoms with Crippen LogP contribution in [0.25, 0.3) is 0 Å². The monoisotopic (exact) mass is 151 g/mol. The molecule has 0 saturated heterocycles. The molecular weight excluding hydrogens is 138 g/mol. The lowest BCUT2D eigenvalue weighted by Crippen LogP contribution is -2.13. The van der Waals surface area contributed by atoms with Gasteiger partial charge in [0.1, 0.15) is 0 Å². The molecule has 0 spiro atoms. The third-order valence-electron chi connectivity index (χ3n) is 1.59. The Bertz CT molecular complexity index is 216. The van der Waals surface area contributed by atoms with Crippen LogP contribution in [0.3, 0.4) is 0 Å². The maximum absolute atomic E-state index is 10.8. The predicted molar refractivity (Wildman–Crippen MR) is 45.1 cm³/mol. The van der Waals surface area contributed by atoms with E-state index in [4.69, 9.17) is 0 Å². The van der Waals surface area contributed by atoms with Crippen molar-refractivity contribution in [2.24, 2.45) is 0 Å². The van der Waals surface area contributed by atoms with Crippen LogP contribution in [0.15, 0.2) is 23.9 Å². The minimum atomic E-state index is 0.231. The molecular formula is C9H13NO. The predicted octanol–water partition coefficient (Wildman–Crippen LogP) is 1.40. The quantitative estimate of drug-likeness (QED) is 0.618. The Balaban J connectivity index is 2.33. The van der Waals surface area contributed by atoms with Crippen molar-refractivity contribution in [1.82, 2.24) is 5.32 Å². The van der Waals surface area contributed by atoms with Crippen LogP contribution >= 0.6 is 0 Å². The number of hydrogen-bond donors (Lipinski definition) is 1. The fraction of sp³-hybridized carbons (Fsp3) is 0.444. The van der Waals surface area contributed by atoms with Crippen LogP contribution < -0.4 is 5.32 Å². The number of ketones is 1.